The first kappa shape index (κ1) is 27.7. The SMILES string of the molecule is CC(C)(C)OC(=O)N1CCN(C(=O)COc2ccc(-c3nc(S(C)(=O)=O)nc4c3CCC4(F)F)cc2)CC1. The van der Waals surface area contributed by atoms with Crippen LogP contribution < -0.4 is 4.74 Å². The number of benzene rings is 1. The number of carbonyl (C=O) groups excluding carboxylic acids is 2. The maximum Gasteiger partial charge on any atom is 0.410 e. The number of alkyl halides is 2. The number of carbonyl (C=O) groups is 2. The van der Waals surface area contributed by atoms with Gasteiger partial charge < -0.3 is 19.3 Å². The third-order valence-electron chi connectivity index (χ3n) is 6.13. The molecule has 1 aliphatic carbocycles. The van der Waals surface area contributed by atoms with Gasteiger partial charge in [0.15, 0.2) is 6.61 Å². The first-order chi connectivity index (χ1) is 17.6. The Bertz CT molecular complexity index is 1330. The Hall–Kier alpha value is -3.35. The van der Waals surface area contributed by atoms with E-state index in [9.17, 15) is 26.8 Å². The van der Waals surface area contributed by atoms with Crippen molar-refractivity contribution in [3.05, 3.63) is 35.5 Å². The number of ether oxygens (including phenoxy) is 2. The smallest absolute Gasteiger partial charge is 0.410 e. The fourth-order valence-electron chi connectivity index (χ4n) is 4.22. The van der Waals surface area contributed by atoms with Gasteiger partial charge in [-0.25, -0.2) is 23.2 Å². The average Bonchev–Trinajstić information content (AvgIpc) is 3.15. The van der Waals surface area contributed by atoms with Crippen molar-refractivity contribution in [3.8, 4) is 17.0 Å². The second kappa shape index (κ2) is 10.1. The molecule has 2 amide bonds. The van der Waals surface area contributed by atoms with E-state index in [0.717, 1.165) is 6.26 Å². The highest BCUT2D eigenvalue weighted by molar-refractivity contribution is 7.90. The van der Waals surface area contributed by atoms with Gasteiger partial charge >= 0.3 is 6.09 Å². The molecular formula is C25H30F2N4O6S. The van der Waals surface area contributed by atoms with E-state index in [1.807, 2.05) is 0 Å². The third kappa shape index (κ3) is 6.20. The van der Waals surface area contributed by atoms with Gasteiger partial charge in [0.1, 0.15) is 17.0 Å². The van der Waals surface area contributed by atoms with Crippen molar-refractivity contribution in [2.24, 2.45) is 0 Å². The van der Waals surface area contributed by atoms with Gasteiger partial charge in [0.05, 0.1) is 5.69 Å². The van der Waals surface area contributed by atoms with Crippen LogP contribution in [0, 0.1) is 0 Å². The molecule has 0 saturated carbocycles. The van der Waals surface area contributed by atoms with Gasteiger partial charge in [0, 0.05) is 50.0 Å². The fourth-order valence-corrected chi connectivity index (χ4v) is 4.73. The summed E-state index contributed by atoms with van der Waals surface area (Å²) in [6.45, 7) is 6.57. The van der Waals surface area contributed by atoms with E-state index in [1.165, 1.54) is 0 Å². The summed E-state index contributed by atoms with van der Waals surface area (Å²) in [5, 5.41) is -0.648. The molecule has 2 aliphatic rings. The first-order valence-corrected chi connectivity index (χ1v) is 14.0. The highest BCUT2D eigenvalue weighted by Crippen LogP contribution is 2.44. The molecule has 13 heteroatoms. The molecule has 0 bridgehead atoms. The standard InChI is InChI=1S/C25H30F2N4O6S/c1-24(2,3)37-23(33)31-13-11-30(12-14-31)19(32)15-36-17-7-5-16(6-8-17)20-18-9-10-25(26,27)21(18)29-22(28-20)38(4,34)35/h5-8H,9-15H2,1-4H3. The van der Waals surface area contributed by atoms with Crippen LogP contribution >= 0.6 is 0 Å². The monoisotopic (exact) mass is 552 g/mol. The van der Waals surface area contributed by atoms with E-state index in [1.54, 1.807) is 54.8 Å². The molecule has 206 valence electrons. The minimum Gasteiger partial charge on any atom is -0.484 e. The Balaban J connectivity index is 1.39. The Kier molecular flexibility index (Phi) is 7.34. The average molecular weight is 553 g/mol. The lowest BCUT2D eigenvalue weighted by Crippen LogP contribution is -2.52. The van der Waals surface area contributed by atoms with Crippen LogP contribution in [0.3, 0.4) is 0 Å². The Morgan fingerprint density at radius 1 is 1.03 bits per heavy atom. The molecule has 1 fully saturated rings. The Morgan fingerprint density at radius 3 is 2.21 bits per heavy atom. The van der Waals surface area contributed by atoms with Crippen LogP contribution in [-0.2, 0) is 31.7 Å². The molecule has 0 radical (unpaired) electrons. The summed E-state index contributed by atoms with van der Waals surface area (Å²) in [6, 6.07) is 6.27. The predicted octanol–water partition coefficient (Wildman–Crippen LogP) is 3.04. The van der Waals surface area contributed by atoms with Crippen molar-refractivity contribution < 1.29 is 36.3 Å². The van der Waals surface area contributed by atoms with Crippen molar-refractivity contribution in [1.82, 2.24) is 19.8 Å². The second-order valence-electron chi connectivity index (χ2n) is 10.3. The van der Waals surface area contributed by atoms with Crippen LogP contribution in [0.5, 0.6) is 5.75 Å². The Morgan fingerprint density at radius 2 is 1.63 bits per heavy atom. The number of hydrogen-bond acceptors (Lipinski definition) is 8. The summed E-state index contributed by atoms with van der Waals surface area (Å²) in [6.07, 6.45) is 0.0155. The van der Waals surface area contributed by atoms with Gasteiger partial charge in [-0.2, -0.15) is 8.78 Å². The highest BCUT2D eigenvalue weighted by atomic mass is 32.2. The highest BCUT2D eigenvalue weighted by Gasteiger charge is 2.43. The molecule has 2 aromatic rings. The largest absolute Gasteiger partial charge is 0.484 e. The molecule has 1 aromatic carbocycles. The molecule has 0 unspecified atom stereocenters. The summed E-state index contributed by atoms with van der Waals surface area (Å²) in [5.41, 5.74) is -0.360. The maximum atomic E-state index is 14.4. The molecule has 38 heavy (non-hydrogen) atoms. The number of piperazine rings is 1. The molecule has 10 nitrogen and oxygen atoms in total. The van der Waals surface area contributed by atoms with Gasteiger partial charge in [-0.05, 0) is 51.5 Å². The summed E-state index contributed by atoms with van der Waals surface area (Å²) in [5.74, 6) is -3.10. The lowest BCUT2D eigenvalue weighted by Gasteiger charge is -2.35. The lowest BCUT2D eigenvalue weighted by molar-refractivity contribution is -0.135. The zero-order valence-electron chi connectivity index (χ0n) is 21.7. The minimum atomic E-state index is -3.91. The topological polar surface area (TPSA) is 119 Å². The zero-order chi connectivity index (χ0) is 27.9. The van der Waals surface area contributed by atoms with E-state index in [2.05, 4.69) is 9.97 Å². The van der Waals surface area contributed by atoms with Gasteiger partial charge in [0.2, 0.25) is 15.0 Å². The number of halogens is 2. The minimum absolute atomic E-state index is 0.0235. The summed E-state index contributed by atoms with van der Waals surface area (Å²) < 4.78 is 63.7. The van der Waals surface area contributed by atoms with E-state index in [-0.39, 0.29) is 30.2 Å². The number of amides is 2. The first-order valence-electron chi connectivity index (χ1n) is 12.1. The molecule has 0 spiro atoms. The number of hydrogen-bond donors (Lipinski definition) is 0. The van der Waals surface area contributed by atoms with Crippen LogP contribution in [0.15, 0.2) is 29.4 Å². The number of aromatic nitrogens is 2. The summed E-state index contributed by atoms with van der Waals surface area (Å²) in [7, 11) is -3.91. The molecule has 1 aromatic heterocycles. The van der Waals surface area contributed by atoms with Crippen LogP contribution in [0.2, 0.25) is 0 Å². The molecule has 4 rings (SSSR count). The number of nitrogens with zero attached hydrogens (tertiary/aromatic N) is 4. The number of sulfone groups is 1. The van der Waals surface area contributed by atoms with Crippen LogP contribution in [0.4, 0.5) is 13.6 Å². The number of fused-ring (bicyclic) bond motifs is 1. The Labute approximate surface area is 219 Å². The van der Waals surface area contributed by atoms with Crippen molar-refractivity contribution in [3.63, 3.8) is 0 Å². The second-order valence-corrected chi connectivity index (χ2v) is 12.2. The van der Waals surface area contributed by atoms with E-state index in [0.29, 0.717) is 37.5 Å². The van der Waals surface area contributed by atoms with Crippen molar-refractivity contribution in [2.45, 2.75) is 50.3 Å². The normalized spacial score (nSPS) is 17.2. The number of rotatable bonds is 5. The van der Waals surface area contributed by atoms with Crippen molar-refractivity contribution in [1.29, 1.82) is 0 Å². The van der Waals surface area contributed by atoms with E-state index >= 15 is 0 Å². The van der Waals surface area contributed by atoms with Crippen molar-refractivity contribution >= 4 is 21.8 Å². The lowest BCUT2D eigenvalue weighted by atomic mass is 10.1. The van der Waals surface area contributed by atoms with Gasteiger partial charge in [-0.3, -0.25) is 4.79 Å². The van der Waals surface area contributed by atoms with E-state index < -0.39 is 44.7 Å². The quantitative estimate of drug-likeness (QED) is 0.520. The predicted molar refractivity (Wildman–Crippen MR) is 133 cm³/mol. The van der Waals surface area contributed by atoms with E-state index in [4.69, 9.17) is 9.47 Å². The van der Waals surface area contributed by atoms with Crippen molar-refractivity contribution in [2.75, 3.05) is 39.0 Å². The van der Waals surface area contributed by atoms with Crippen LogP contribution in [0.1, 0.15) is 38.4 Å². The van der Waals surface area contributed by atoms with Gasteiger partial charge in [0.25, 0.3) is 11.8 Å². The third-order valence-corrected chi connectivity index (χ3v) is 6.97. The molecule has 0 atom stereocenters. The summed E-state index contributed by atoms with van der Waals surface area (Å²) >= 11 is 0. The molecule has 1 aliphatic heterocycles. The molecular weight excluding hydrogens is 522 g/mol. The summed E-state index contributed by atoms with van der Waals surface area (Å²) in [4.78, 5) is 35.7. The molecule has 2 heterocycles. The molecule has 1 saturated heterocycles. The molecule has 0 N–H and O–H groups in total. The van der Waals surface area contributed by atoms with Gasteiger partial charge in [-0.1, -0.05) is 0 Å². The van der Waals surface area contributed by atoms with Crippen LogP contribution in [-0.4, -0.2) is 84.8 Å². The zero-order valence-corrected chi connectivity index (χ0v) is 22.5. The van der Waals surface area contributed by atoms with Crippen LogP contribution in [0.25, 0.3) is 11.3 Å². The fraction of sp³-hybridized carbons (Fsp3) is 0.520. The van der Waals surface area contributed by atoms with Gasteiger partial charge in [-0.15, -0.1) is 0 Å². The maximum absolute atomic E-state index is 14.4.